The number of carbonyl (C=O) groups is 1. The lowest BCUT2D eigenvalue weighted by atomic mass is 9.47. The Kier molecular flexibility index (Phi) is 12.4. The number of hydrogen-bond donors (Lipinski definition) is 0. The molecule has 1 aromatic rings. The van der Waals surface area contributed by atoms with Crippen molar-refractivity contribution in [2.45, 2.75) is 163 Å². The van der Waals surface area contributed by atoms with Gasteiger partial charge in [0.1, 0.15) is 11.9 Å². The molecule has 0 saturated heterocycles. The summed E-state index contributed by atoms with van der Waals surface area (Å²) in [5, 5.41) is 0. The standard InChI is InChI=1S/C43H68O3/c1-7-8-9-10-11-12-13-29-45-35-20-17-33(18-21-35)41(44)46-36-25-27-42(5)34(30-36)19-22-37-39-24-23-38(32(4)16-14-15-31(2)3)43(39,6)28-26-40(37)42/h17-21,31-32,36-40H,7-16,22-30H2,1-6H3/t32-,36+,37+,38-,39+,40+,42+,43-/m1/s1. The van der Waals surface area contributed by atoms with Crippen LogP contribution in [0.25, 0.3) is 0 Å². The zero-order valence-electron chi connectivity index (χ0n) is 30.6. The topological polar surface area (TPSA) is 35.5 Å². The minimum Gasteiger partial charge on any atom is -0.494 e. The summed E-state index contributed by atoms with van der Waals surface area (Å²) < 4.78 is 12.1. The number of esters is 1. The van der Waals surface area contributed by atoms with Crippen LogP contribution in [0.5, 0.6) is 5.75 Å². The van der Waals surface area contributed by atoms with Crippen LogP contribution in [-0.2, 0) is 4.74 Å². The first-order valence-electron chi connectivity index (χ1n) is 19.8. The summed E-state index contributed by atoms with van der Waals surface area (Å²) in [5.74, 6) is 5.77. The van der Waals surface area contributed by atoms with Gasteiger partial charge < -0.3 is 9.47 Å². The quantitative estimate of drug-likeness (QED) is 0.103. The summed E-state index contributed by atoms with van der Waals surface area (Å²) >= 11 is 0. The second-order valence-electron chi connectivity index (χ2n) is 17.1. The fraction of sp³-hybridized carbons (Fsp3) is 0.791. The van der Waals surface area contributed by atoms with Crippen LogP contribution in [0.2, 0.25) is 0 Å². The van der Waals surface area contributed by atoms with Gasteiger partial charge in [-0.1, -0.05) is 111 Å². The van der Waals surface area contributed by atoms with E-state index in [2.05, 4.69) is 47.6 Å². The van der Waals surface area contributed by atoms with Crippen molar-refractivity contribution >= 4 is 5.97 Å². The number of hydrogen-bond acceptors (Lipinski definition) is 3. The second kappa shape index (κ2) is 16.1. The first kappa shape index (κ1) is 35.5. The van der Waals surface area contributed by atoms with Crippen LogP contribution < -0.4 is 4.74 Å². The maximum Gasteiger partial charge on any atom is 0.338 e. The van der Waals surface area contributed by atoms with Crippen molar-refractivity contribution in [3.05, 3.63) is 41.5 Å². The van der Waals surface area contributed by atoms with Gasteiger partial charge in [-0.15, -0.1) is 0 Å². The Labute approximate surface area is 283 Å². The molecule has 0 spiro atoms. The van der Waals surface area contributed by atoms with Gasteiger partial charge in [0.2, 0.25) is 0 Å². The third-order valence-corrected chi connectivity index (χ3v) is 13.6. The molecule has 0 radical (unpaired) electrons. The molecule has 3 saturated carbocycles. The lowest BCUT2D eigenvalue weighted by Crippen LogP contribution is -2.51. The highest BCUT2D eigenvalue weighted by Gasteiger charge is 2.59. The Balaban J connectivity index is 1.10. The predicted molar refractivity (Wildman–Crippen MR) is 192 cm³/mol. The molecule has 8 atom stereocenters. The van der Waals surface area contributed by atoms with E-state index in [-0.39, 0.29) is 17.5 Å². The lowest BCUT2D eigenvalue weighted by Gasteiger charge is -2.58. The highest BCUT2D eigenvalue weighted by atomic mass is 16.5. The van der Waals surface area contributed by atoms with Crippen LogP contribution in [0.15, 0.2) is 35.9 Å². The first-order chi connectivity index (χ1) is 22.2. The highest BCUT2D eigenvalue weighted by molar-refractivity contribution is 5.89. The van der Waals surface area contributed by atoms with Crippen LogP contribution >= 0.6 is 0 Å². The fourth-order valence-corrected chi connectivity index (χ4v) is 10.9. The van der Waals surface area contributed by atoms with Gasteiger partial charge in [-0.2, -0.15) is 0 Å². The van der Waals surface area contributed by atoms with Crippen molar-refractivity contribution < 1.29 is 14.3 Å². The van der Waals surface area contributed by atoms with Crippen molar-refractivity contribution in [1.29, 1.82) is 0 Å². The molecular formula is C43H68O3. The maximum absolute atomic E-state index is 13.2. The minimum atomic E-state index is -0.186. The highest BCUT2D eigenvalue weighted by Crippen LogP contribution is 2.67. The van der Waals surface area contributed by atoms with E-state index in [0.29, 0.717) is 11.0 Å². The number of unbranched alkanes of at least 4 members (excludes halogenated alkanes) is 6. The SMILES string of the molecule is CCCCCCCCCOc1ccc(C(=O)O[C@H]2CC[C@@]3(C)C(=CC[C@H]4[C@@H]5CC[C@H]([C@H](C)CCCC(C)C)[C@@]5(C)CC[C@@H]43)C2)cc1. The van der Waals surface area contributed by atoms with Gasteiger partial charge in [-0.05, 0) is 122 Å². The first-order valence-corrected chi connectivity index (χ1v) is 19.8. The van der Waals surface area contributed by atoms with Crippen molar-refractivity contribution in [2.24, 2.45) is 46.3 Å². The van der Waals surface area contributed by atoms with E-state index in [1.807, 2.05) is 24.3 Å². The smallest absolute Gasteiger partial charge is 0.338 e. The summed E-state index contributed by atoms with van der Waals surface area (Å²) in [6.45, 7) is 15.6. The molecule has 0 N–H and O–H groups in total. The Bertz CT molecular complexity index is 1140. The van der Waals surface area contributed by atoms with E-state index >= 15 is 0 Å². The molecular weight excluding hydrogens is 564 g/mol. The van der Waals surface area contributed by atoms with E-state index in [1.165, 1.54) is 89.9 Å². The minimum absolute atomic E-state index is 0.00645. The summed E-state index contributed by atoms with van der Waals surface area (Å²) in [7, 11) is 0. The summed E-state index contributed by atoms with van der Waals surface area (Å²) in [6.07, 6.45) is 25.7. The molecule has 0 aliphatic heterocycles. The average molecular weight is 633 g/mol. The third-order valence-electron chi connectivity index (χ3n) is 13.6. The molecule has 0 amide bonds. The van der Waals surface area contributed by atoms with E-state index < -0.39 is 0 Å². The summed E-state index contributed by atoms with van der Waals surface area (Å²) in [4.78, 5) is 13.2. The van der Waals surface area contributed by atoms with E-state index in [1.54, 1.807) is 5.57 Å². The zero-order chi connectivity index (χ0) is 32.7. The molecule has 5 rings (SSSR count). The Morgan fingerprint density at radius 1 is 0.848 bits per heavy atom. The van der Waals surface area contributed by atoms with Gasteiger partial charge >= 0.3 is 5.97 Å². The van der Waals surface area contributed by atoms with Crippen LogP contribution in [0.4, 0.5) is 0 Å². The van der Waals surface area contributed by atoms with E-state index in [4.69, 9.17) is 9.47 Å². The molecule has 46 heavy (non-hydrogen) atoms. The van der Waals surface area contributed by atoms with Crippen molar-refractivity contribution in [3.8, 4) is 5.75 Å². The van der Waals surface area contributed by atoms with Crippen molar-refractivity contribution in [3.63, 3.8) is 0 Å². The summed E-state index contributed by atoms with van der Waals surface area (Å²) in [6, 6.07) is 7.60. The second-order valence-corrected chi connectivity index (χ2v) is 17.1. The largest absolute Gasteiger partial charge is 0.494 e. The average Bonchev–Trinajstić information content (AvgIpc) is 3.40. The van der Waals surface area contributed by atoms with Gasteiger partial charge in [0.15, 0.2) is 0 Å². The van der Waals surface area contributed by atoms with Gasteiger partial charge in [-0.3, -0.25) is 0 Å². The zero-order valence-corrected chi connectivity index (χ0v) is 30.6. The number of allylic oxidation sites excluding steroid dienone is 1. The molecule has 1 aromatic carbocycles. The Hall–Kier alpha value is -1.77. The van der Waals surface area contributed by atoms with Crippen LogP contribution in [0.3, 0.4) is 0 Å². The number of carbonyl (C=O) groups excluding carboxylic acids is 1. The molecule has 4 aliphatic carbocycles. The molecule has 0 unspecified atom stereocenters. The molecule has 3 fully saturated rings. The molecule has 258 valence electrons. The number of rotatable bonds is 16. The van der Waals surface area contributed by atoms with Gasteiger partial charge in [0, 0.05) is 6.42 Å². The number of ether oxygens (including phenoxy) is 2. The fourth-order valence-electron chi connectivity index (χ4n) is 10.9. The predicted octanol–water partition coefficient (Wildman–Crippen LogP) is 12.4. The number of fused-ring (bicyclic) bond motifs is 5. The number of benzene rings is 1. The van der Waals surface area contributed by atoms with Crippen LogP contribution in [0.1, 0.15) is 167 Å². The lowest BCUT2D eigenvalue weighted by molar-refractivity contribution is -0.0594. The molecule has 3 nitrogen and oxygen atoms in total. The normalized spacial score (nSPS) is 32.7. The van der Waals surface area contributed by atoms with E-state index in [0.717, 1.165) is 73.5 Å². The Morgan fingerprint density at radius 3 is 2.33 bits per heavy atom. The van der Waals surface area contributed by atoms with Gasteiger partial charge in [0.05, 0.1) is 12.2 Å². The van der Waals surface area contributed by atoms with Gasteiger partial charge in [0.25, 0.3) is 0 Å². The molecule has 3 heteroatoms. The third kappa shape index (κ3) is 8.08. The van der Waals surface area contributed by atoms with E-state index in [9.17, 15) is 4.79 Å². The maximum atomic E-state index is 13.2. The monoisotopic (exact) mass is 633 g/mol. The van der Waals surface area contributed by atoms with Crippen molar-refractivity contribution in [1.82, 2.24) is 0 Å². The molecule has 4 aliphatic rings. The molecule has 0 aromatic heterocycles. The molecule has 0 heterocycles. The van der Waals surface area contributed by atoms with Crippen LogP contribution in [0, 0.1) is 46.3 Å². The summed E-state index contributed by atoms with van der Waals surface area (Å²) in [5.41, 5.74) is 3.03. The molecule has 0 bridgehead atoms. The van der Waals surface area contributed by atoms with Crippen molar-refractivity contribution in [2.75, 3.05) is 6.61 Å². The van der Waals surface area contributed by atoms with Gasteiger partial charge in [-0.25, -0.2) is 4.79 Å². The van der Waals surface area contributed by atoms with Crippen LogP contribution in [-0.4, -0.2) is 18.7 Å². The Morgan fingerprint density at radius 2 is 1.59 bits per heavy atom.